The second kappa shape index (κ2) is 9.08. The zero-order chi connectivity index (χ0) is 23.5. The molecular formula is C23H25N7O3. The van der Waals surface area contributed by atoms with E-state index in [-0.39, 0.29) is 11.9 Å². The average molecular weight is 447 g/mol. The van der Waals surface area contributed by atoms with Crippen molar-refractivity contribution in [2.45, 2.75) is 19.4 Å². The number of carbonyl (C=O) groups is 1. The van der Waals surface area contributed by atoms with Gasteiger partial charge in [0.2, 0.25) is 11.9 Å². The van der Waals surface area contributed by atoms with Crippen molar-refractivity contribution >= 4 is 40.0 Å². The number of nitrogens with one attached hydrogen (secondary N) is 2. The number of nitrogen functional groups attached to an aromatic ring is 1. The molecule has 0 radical (unpaired) electrons. The van der Waals surface area contributed by atoms with E-state index in [9.17, 15) is 10.1 Å². The molecule has 1 saturated heterocycles. The number of benzene rings is 2. The number of hydrogen-bond donors (Lipinski definition) is 3. The molecule has 2 aromatic carbocycles. The first kappa shape index (κ1) is 22.0. The number of carbonyl (C=O) groups excluding carboxylic acids is 1. The van der Waals surface area contributed by atoms with Crippen LogP contribution in [0.3, 0.4) is 0 Å². The smallest absolute Gasteiger partial charge is 0.229 e. The Kier molecular flexibility index (Phi) is 6.04. The largest absolute Gasteiger partial charge is 0.493 e. The normalized spacial score (nSPS) is 15.2. The number of rotatable bonds is 6. The topological polar surface area (TPSA) is 138 Å². The van der Waals surface area contributed by atoms with Gasteiger partial charge in [-0.25, -0.2) is 4.98 Å². The lowest BCUT2D eigenvalue weighted by atomic mass is 10.2. The molecular weight excluding hydrogens is 422 g/mol. The average Bonchev–Trinajstić information content (AvgIpc) is 3.24. The van der Waals surface area contributed by atoms with Crippen molar-refractivity contribution in [1.29, 1.82) is 5.26 Å². The summed E-state index contributed by atoms with van der Waals surface area (Å²) in [6.45, 7) is 2.86. The quantitative estimate of drug-likeness (QED) is 0.487. The first-order valence-electron chi connectivity index (χ1n) is 10.4. The van der Waals surface area contributed by atoms with Crippen LogP contribution in [-0.2, 0) is 4.79 Å². The van der Waals surface area contributed by atoms with Gasteiger partial charge >= 0.3 is 0 Å². The van der Waals surface area contributed by atoms with E-state index in [1.54, 1.807) is 38.5 Å². The summed E-state index contributed by atoms with van der Waals surface area (Å²) in [5.41, 5.74) is 8.09. The van der Waals surface area contributed by atoms with Crippen LogP contribution >= 0.6 is 0 Å². The molecule has 33 heavy (non-hydrogen) atoms. The Balaban J connectivity index is 1.79. The van der Waals surface area contributed by atoms with Gasteiger partial charge in [0.05, 0.1) is 31.4 Å². The Labute approximate surface area is 191 Å². The molecule has 1 amide bonds. The Morgan fingerprint density at radius 3 is 2.64 bits per heavy atom. The maximum atomic E-state index is 11.5. The Hall–Kier alpha value is -4.26. The number of nitriles is 1. The maximum Gasteiger partial charge on any atom is 0.229 e. The molecule has 1 aliphatic rings. The number of ether oxygens (including phenoxy) is 2. The van der Waals surface area contributed by atoms with Crippen molar-refractivity contribution in [3.8, 4) is 17.6 Å². The lowest BCUT2D eigenvalue weighted by molar-refractivity contribution is -0.119. The third-order valence-electron chi connectivity index (χ3n) is 5.42. The first-order chi connectivity index (χ1) is 15.9. The van der Waals surface area contributed by atoms with Crippen LogP contribution in [-0.4, -0.2) is 49.2 Å². The van der Waals surface area contributed by atoms with E-state index in [1.165, 1.54) is 6.92 Å². The highest BCUT2D eigenvalue weighted by molar-refractivity contribution is 5.93. The predicted octanol–water partition coefficient (Wildman–Crippen LogP) is 2.56. The van der Waals surface area contributed by atoms with E-state index < -0.39 is 0 Å². The molecule has 3 aromatic rings. The van der Waals surface area contributed by atoms with E-state index in [0.717, 1.165) is 18.4 Å². The fourth-order valence-electron chi connectivity index (χ4n) is 4.01. The highest BCUT2D eigenvalue weighted by atomic mass is 16.5. The van der Waals surface area contributed by atoms with E-state index >= 15 is 0 Å². The van der Waals surface area contributed by atoms with Crippen LogP contribution < -0.4 is 30.7 Å². The van der Waals surface area contributed by atoms with Crippen molar-refractivity contribution in [3.63, 3.8) is 0 Å². The number of nitrogens with two attached hydrogens (primary N) is 1. The lowest BCUT2D eigenvalue weighted by Gasteiger charge is -2.21. The number of amides is 1. The molecule has 0 spiro atoms. The highest BCUT2D eigenvalue weighted by Gasteiger charge is 2.27. The maximum absolute atomic E-state index is 11.5. The molecule has 4 N–H and O–H groups in total. The molecule has 0 bridgehead atoms. The molecule has 10 nitrogen and oxygen atoms in total. The van der Waals surface area contributed by atoms with Crippen LogP contribution in [0, 0.1) is 11.3 Å². The third kappa shape index (κ3) is 4.67. The van der Waals surface area contributed by atoms with Crippen LogP contribution in [0.1, 0.15) is 18.9 Å². The molecule has 1 fully saturated rings. The number of methoxy groups -OCH3 is 2. The van der Waals surface area contributed by atoms with Crippen molar-refractivity contribution in [2.75, 3.05) is 43.3 Å². The van der Waals surface area contributed by atoms with E-state index in [4.69, 9.17) is 20.2 Å². The summed E-state index contributed by atoms with van der Waals surface area (Å²) in [6, 6.07) is 10.8. The Morgan fingerprint density at radius 1 is 1.18 bits per heavy atom. The van der Waals surface area contributed by atoms with Gasteiger partial charge in [0, 0.05) is 48.9 Å². The van der Waals surface area contributed by atoms with Gasteiger partial charge in [0.15, 0.2) is 11.5 Å². The van der Waals surface area contributed by atoms with Crippen molar-refractivity contribution < 1.29 is 14.3 Å². The van der Waals surface area contributed by atoms with Gasteiger partial charge in [-0.15, -0.1) is 0 Å². The Bertz CT molecular complexity index is 1260. The van der Waals surface area contributed by atoms with Crippen LogP contribution in [0.15, 0.2) is 30.3 Å². The number of anilines is 4. The molecule has 2 heterocycles. The van der Waals surface area contributed by atoms with Crippen LogP contribution in [0.25, 0.3) is 10.9 Å². The standard InChI is InChI=1S/C23H25N7O3/c1-13(31)26-16-4-5-30(12-16)22-18-9-20(32-2)21(33-3)10-19(18)28-23(29-22)27-17-7-14(11-24)6-15(25)8-17/h6-10,16H,4-5,12,25H2,1-3H3,(H,26,31)(H,27,28,29). The van der Waals surface area contributed by atoms with Crippen molar-refractivity contribution in [2.24, 2.45) is 0 Å². The minimum Gasteiger partial charge on any atom is -0.493 e. The molecule has 1 unspecified atom stereocenters. The van der Waals surface area contributed by atoms with Crippen LogP contribution in [0.2, 0.25) is 0 Å². The minimum absolute atomic E-state index is 0.0381. The number of fused-ring (bicyclic) bond motifs is 1. The SMILES string of the molecule is COc1cc2nc(Nc3cc(N)cc(C#N)c3)nc(N3CCC(NC(C)=O)C3)c2cc1OC. The fourth-order valence-corrected chi connectivity index (χ4v) is 4.01. The number of nitrogens with zero attached hydrogens (tertiary/aromatic N) is 4. The molecule has 1 aromatic heterocycles. The number of aromatic nitrogens is 2. The summed E-state index contributed by atoms with van der Waals surface area (Å²) in [6.07, 6.45) is 0.807. The Morgan fingerprint density at radius 2 is 1.94 bits per heavy atom. The van der Waals surface area contributed by atoms with Crippen LogP contribution in [0.5, 0.6) is 11.5 Å². The summed E-state index contributed by atoms with van der Waals surface area (Å²) in [5.74, 6) is 2.12. The van der Waals surface area contributed by atoms with Gasteiger partial charge in [-0.2, -0.15) is 10.2 Å². The van der Waals surface area contributed by atoms with Gasteiger partial charge < -0.3 is 30.7 Å². The van der Waals surface area contributed by atoms with Gasteiger partial charge in [0.1, 0.15) is 5.82 Å². The van der Waals surface area contributed by atoms with E-state index in [1.807, 2.05) is 6.07 Å². The van der Waals surface area contributed by atoms with E-state index in [2.05, 4.69) is 26.6 Å². The molecule has 1 aliphatic heterocycles. The molecule has 1 atom stereocenters. The minimum atomic E-state index is -0.0573. The van der Waals surface area contributed by atoms with Gasteiger partial charge in [0.25, 0.3) is 0 Å². The zero-order valence-electron chi connectivity index (χ0n) is 18.7. The lowest BCUT2D eigenvalue weighted by Crippen LogP contribution is -2.35. The monoisotopic (exact) mass is 447 g/mol. The van der Waals surface area contributed by atoms with E-state index in [0.29, 0.717) is 52.3 Å². The highest BCUT2D eigenvalue weighted by Crippen LogP contribution is 2.37. The molecule has 0 aliphatic carbocycles. The zero-order valence-corrected chi connectivity index (χ0v) is 18.7. The molecule has 170 valence electrons. The van der Waals surface area contributed by atoms with Gasteiger partial charge in [-0.1, -0.05) is 0 Å². The third-order valence-corrected chi connectivity index (χ3v) is 5.42. The van der Waals surface area contributed by atoms with Gasteiger partial charge in [-0.3, -0.25) is 4.79 Å². The molecule has 4 rings (SSSR count). The second-order valence-electron chi connectivity index (χ2n) is 7.81. The molecule has 0 saturated carbocycles. The summed E-state index contributed by atoms with van der Waals surface area (Å²) >= 11 is 0. The van der Waals surface area contributed by atoms with Crippen molar-refractivity contribution in [1.82, 2.24) is 15.3 Å². The summed E-state index contributed by atoms with van der Waals surface area (Å²) < 4.78 is 10.9. The molecule has 10 heteroatoms. The predicted molar refractivity (Wildman–Crippen MR) is 126 cm³/mol. The number of hydrogen-bond acceptors (Lipinski definition) is 9. The first-order valence-corrected chi connectivity index (χ1v) is 10.4. The van der Waals surface area contributed by atoms with Crippen molar-refractivity contribution in [3.05, 3.63) is 35.9 Å². The summed E-state index contributed by atoms with van der Waals surface area (Å²) in [7, 11) is 3.15. The fraction of sp³-hybridized carbons (Fsp3) is 0.304. The second-order valence-corrected chi connectivity index (χ2v) is 7.81. The van der Waals surface area contributed by atoms with Crippen LogP contribution in [0.4, 0.5) is 23.1 Å². The summed E-state index contributed by atoms with van der Waals surface area (Å²) in [4.78, 5) is 23.1. The van der Waals surface area contributed by atoms with Gasteiger partial charge in [-0.05, 0) is 30.7 Å². The summed E-state index contributed by atoms with van der Waals surface area (Å²) in [5, 5.41) is 16.2.